The van der Waals surface area contributed by atoms with Crippen molar-refractivity contribution in [2.24, 2.45) is 0 Å². The molecule has 0 aliphatic carbocycles. The van der Waals surface area contributed by atoms with Gasteiger partial charge in [-0.3, -0.25) is 4.90 Å². The van der Waals surface area contributed by atoms with E-state index in [2.05, 4.69) is 58.6 Å². The van der Waals surface area contributed by atoms with Gasteiger partial charge in [0.1, 0.15) is 5.75 Å². The molecule has 4 rings (SSSR count). The van der Waals surface area contributed by atoms with Crippen molar-refractivity contribution in [1.29, 1.82) is 0 Å². The van der Waals surface area contributed by atoms with Gasteiger partial charge in [-0.2, -0.15) is 5.10 Å². The highest BCUT2D eigenvalue weighted by molar-refractivity contribution is 5.42. The van der Waals surface area contributed by atoms with E-state index in [-0.39, 0.29) is 0 Å². The fraction of sp³-hybridized carbons (Fsp3) is 0.375. The van der Waals surface area contributed by atoms with Crippen molar-refractivity contribution in [2.75, 3.05) is 20.2 Å². The molecule has 1 atom stereocenters. The molecule has 0 spiro atoms. The molecule has 0 unspecified atom stereocenters. The van der Waals surface area contributed by atoms with E-state index < -0.39 is 0 Å². The Hall–Kier alpha value is -2.63. The van der Waals surface area contributed by atoms with Crippen LogP contribution in [0.5, 0.6) is 5.75 Å². The molecule has 2 aromatic carbocycles. The Morgan fingerprint density at radius 3 is 2.93 bits per heavy atom. The van der Waals surface area contributed by atoms with Crippen molar-refractivity contribution >= 4 is 0 Å². The molecule has 1 N–H and O–H groups in total. The van der Waals surface area contributed by atoms with Crippen LogP contribution in [0.25, 0.3) is 5.69 Å². The van der Waals surface area contributed by atoms with Crippen molar-refractivity contribution in [3.05, 3.63) is 77.6 Å². The number of ether oxygens (including phenoxy) is 1. The summed E-state index contributed by atoms with van der Waals surface area (Å²) in [4.78, 5) is 2.54. The highest BCUT2D eigenvalue weighted by Crippen LogP contribution is 2.19. The minimum Gasteiger partial charge on any atom is -0.497 e. The summed E-state index contributed by atoms with van der Waals surface area (Å²) in [6.07, 6.45) is 6.28. The molecule has 0 bridgehead atoms. The van der Waals surface area contributed by atoms with Gasteiger partial charge in [-0.05, 0) is 61.7 Å². The number of piperidine rings is 1. The van der Waals surface area contributed by atoms with E-state index in [4.69, 9.17) is 4.74 Å². The van der Waals surface area contributed by atoms with E-state index in [1.54, 1.807) is 7.11 Å². The average Bonchev–Trinajstić information content (AvgIpc) is 3.27. The van der Waals surface area contributed by atoms with Gasteiger partial charge in [0.2, 0.25) is 0 Å². The second kappa shape index (κ2) is 9.25. The Bertz CT molecular complexity index is 922. The summed E-state index contributed by atoms with van der Waals surface area (Å²) in [6, 6.07) is 17.4. The maximum Gasteiger partial charge on any atom is 0.119 e. The van der Waals surface area contributed by atoms with Crippen LogP contribution in [0.3, 0.4) is 0 Å². The van der Waals surface area contributed by atoms with E-state index in [9.17, 15) is 0 Å². The summed E-state index contributed by atoms with van der Waals surface area (Å²) in [5, 5.41) is 8.21. The second-order valence-corrected chi connectivity index (χ2v) is 7.89. The van der Waals surface area contributed by atoms with Gasteiger partial charge in [0.05, 0.1) is 12.8 Å². The Morgan fingerprint density at radius 1 is 1.17 bits per heavy atom. The number of benzene rings is 2. The summed E-state index contributed by atoms with van der Waals surface area (Å²) in [6.45, 7) is 6.19. The van der Waals surface area contributed by atoms with Crippen LogP contribution in [0.1, 0.15) is 29.5 Å². The van der Waals surface area contributed by atoms with Crippen LogP contribution in [-0.4, -0.2) is 40.9 Å². The number of hydrogen-bond donors (Lipinski definition) is 1. The van der Waals surface area contributed by atoms with Crippen LogP contribution < -0.4 is 10.1 Å². The molecule has 5 heteroatoms. The van der Waals surface area contributed by atoms with E-state index in [0.29, 0.717) is 6.04 Å². The number of hydrogen-bond acceptors (Lipinski definition) is 4. The fourth-order valence-corrected chi connectivity index (χ4v) is 4.14. The quantitative estimate of drug-likeness (QED) is 0.663. The third-order valence-corrected chi connectivity index (χ3v) is 5.61. The van der Waals surface area contributed by atoms with Crippen molar-refractivity contribution in [1.82, 2.24) is 20.0 Å². The molecule has 152 valence electrons. The number of methoxy groups -OCH3 is 1. The zero-order valence-corrected chi connectivity index (χ0v) is 17.3. The number of nitrogens with zero attached hydrogens (tertiary/aromatic N) is 3. The van der Waals surface area contributed by atoms with Crippen LogP contribution in [0.15, 0.2) is 60.9 Å². The van der Waals surface area contributed by atoms with E-state index in [0.717, 1.165) is 37.6 Å². The molecule has 0 saturated carbocycles. The fourth-order valence-electron chi connectivity index (χ4n) is 4.14. The third-order valence-electron chi connectivity index (χ3n) is 5.61. The Labute approximate surface area is 173 Å². The molecule has 3 aromatic rings. The highest BCUT2D eigenvalue weighted by atomic mass is 16.5. The lowest BCUT2D eigenvalue weighted by Gasteiger charge is -2.33. The molecule has 0 radical (unpaired) electrons. The van der Waals surface area contributed by atoms with Gasteiger partial charge in [0.15, 0.2) is 0 Å². The molecule has 1 aliphatic heterocycles. The molecular formula is C24H30N4O. The predicted octanol–water partition coefficient (Wildman–Crippen LogP) is 3.94. The molecule has 29 heavy (non-hydrogen) atoms. The molecule has 2 heterocycles. The van der Waals surface area contributed by atoms with Crippen molar-refractivity contribution < 1.29 is 4.74 Å². The summed E-state index contributed by atoms with van der Waals surface area (Å²) >= 11 is 0. The zero-order valence-electron chi connectivity index (χ0n) is 17.3. The molecule has 1 aliphatic rings. The normalized spacial score (nSPS) is 17.4. The van der Waals surface area contributed by atoms with Gasteiger partial charge >= 0.3 is 0 Å². The largest absolute Gasteiger partial charge is 0.497 e. The molecular weight excluding hydrogens is 360 g/mol. The monoisotopic (exact) mass is 390 g/mol. The predicted molar refractivity (Wildman–Crippen MR) is 116 cm³/mol. The lowest BCUT2D eigenvalue weighted by molar-refractivity contribution is 0.182. The SMILES string of the molecule is COc1cccc(CN2CCC[C@H](NCc3cc(C)ccc3-n3cccn3)C2)c1. The summed E-state index contributed by atoms with van der Waals surface area (Å²) in [5.74, 6) is 0.930. The van der Waals surface area contributed by atoms with E-state index in [1.807, 2.05) is 29.2 Å². The zero-order chi connectivity index (χ0) is 20.1. The third kappa shape index (κ3) is 5.05. The van der Waals surface area contributed by atoms with Gasteiger partial charge in [-0.25, -0.2) is 4.68 Å². The van der Waals surface area contributed by atoms with Gasteiger partial charge in [-0.1, -0.05) is 29.8 Å². The standard InChI is InChI=1S/C24H30N4O/c1-19-9-10-24(28-13-5-11-26-28)21(14-19)16-25-22-7-4-12-27(18-22)17-20-6-3-8-23(15-20)29-2/h3,5-6,8-11,13-15,22,25H,4,7,12,16-18H2,1-2H3/t22-/m0/s1. The van der Waals surface area contributed by atoms with E-state index in [1.165, 1.54) is 29.5 Å². The lowest BCUT2D eigenvalue weighted by atomic mass is 10.0. The van der Waals surface area contributed by atoms with Gasteiger partial charge < -0.3 is 10.1 Å². The first kappa shape index (κ1) is 19.7. The maximum absolute atomic E-state index is 5.37. The lowest BCUT2D eigenvalue weighted by Crippen LogP contribution is -2.45. The van der Waals surface area contributed by atoms with Gasteiger partial charge in [-0.15, -0.1) is 0 Å². The van der Waals surface area contributed by atoms with Gasteiger partial charge in [0.25, 0.3) is 0 Å². The first-order chi connectivity index (χ1) is 14.2. The minimum atomic E-state index is 0.500. The minimum absolute atomic E-state index is 0.500. The first-order valence-corrected chi connectivity index (χ1v) is 10.4. The summed E-state index contributed by atoms with van der Waals surface area (Å²) < 4.78 is 7.32. The summed E-state index contributed by atoms with van der Waals surface area (Å²) in [7, 11) is 1.72. The average molecular weight is 391 g/mol. The van der Waals surface area contributed by atoms with Crippen LogP contribution in [0.4, 0.5) is 0 Å². The second-order valence-electron chi connectivity index (χ2n) is 7.89. The molecule has 5 nitrogen and oxygen atoms in total. The molecule has 0 amide bonds. The Morgan fingerprint density at radius 2 is 2.10 bits per heavy atom. The molecule has 1 saturated heterocycles. The summed E-state index contributed by atoms with van der Waals surface area (Å²) in [5.41, 5.74) is 5.03. The van der Waals surface area contributed by atoms with Crippen molar-refractivity contribution in [2.45, 2.75) is 38.9 Å². The van der Waals surface area contributed by atoms with Crippen LogP contribution in [0, 0.1) is 6.92 Å². The van der Waals surface area contributed by atoms with E-state index >= 15 is 0 Å². The van der Waals surface area contributed by atoms with Crippen LogP contribution >= 0.6 is 0 Å². The smallest absolute Gasteiger partial charge is 0.119 e. The Kier molecular flexibility index (Phi) is 6.27. The molecule has 1 aromatic heterocycles. The topological polar surface area (TPSA) is 42.3 Å². The highest BCUT2D eigenvalue weighted by Gasteiger charge is 2.20. The Balaban J connectivity index is 1.38. The van der Waals surface area contributed by atoms with Crippen LogP contribution in [-0.2, 0) is 13.1 Å². The molecule has 1 fully saturated rings. The van der Waals surface area contributed by atoms with Crippen molar-refractivity contribution in [3.8, 4) is 11.4 Å². The number of nitrogens with one attached hydrogen (secondary N) is 1. The maximum atomic E-state index is 5.37. The van der Waals surface area contributed by atoms with Gasteiger partial charge in [0, 0.05) is 38.1 Å². The first-order valence-electron chi connectivity index (χ1n) is 10.4. The number of aryl methyl sites for hydroxylation is 1. The van der Waals surface area contributed by atoms with Crippen molar-refractivity contribution in [3.63, 3.8) is 0 Å². The number of aromatic nitrogens is 2. The van der Waals surface area contributed by atoms with Crippen LogP contribution in [0.2, 0.25) is 0 Å². The number of likely N-dealkylation sites (tertiary alicyclic amines) is 1. The number of rotatable bonds is 7.